The van der Waals surface area contributed by atoms with Crippen LogP contribution in [-0.4, -0.2) is 18.3 Å². The van der Waals surface area contributed by atoms with Crippen LogP contribution in [0.25, 0.3) is 0 Å². The maximum Gasteiger partial charge on any atom is 0.0701 e. The van der Waals surface area contributed by atoms with Gasteiger partial charge in [-0.15, -0.1) is 0 Å². The molecule has 0 aromatic carbocycles. The summed E-state index contributed by atoms with van der Waals surface area (Å²) in [5, 5.41) is 8.06. The first kappa shape index (κ1) is 5.88. The monoisotopic (exact) mass is 94.1 g/mol. The highest BCUT2D eigenvalue weighted by Gasteiger charge is 1.76. The minimum absolute atomic E-state index is 0.150. The first-order chi connectivity index (χ1) is 2.91. The molecular formula is C3H9NO2. The Balaban J connectivity index is 2.34. The summed E-state index contributed by atoms with van der Waals surface area (Å²) < 4.78 is 0. The van der Waals surface area contributed by atoms with Crippen LogP contribution < -0.4 is 5.90 Å². The molecule has 3 heteroatoms. The van der Waals surface area contributed by atoms with Gasteiger partial charge in [-0.2, -0.15) is 0 Å². The molecule has 0 aromatic rings. The number of rotatable bonds is 3. The van der Waals surface area contributed by atoms with Gasteiger partial charge in [0.05, 0.1) is 6.61 Å². The highest BCUT2D eigenvalue weighted by molar-refractivity contribution is 4.24. The van der Waals surface area contributed by atoms with Crippen LogP contribution in [0.15, 0.2) is 0 Å². The van der Waals surface area contributed by atoms with E-state index in [9.17, 15) is 0 Å². The van der Waals surface area contributed by atoms with Crippen LogP contribution in [0.3, 0.4) is 0 Å². The van der Waals surface area contributed by atoms with E-state index in [0.717, 1.165) is 0 Å². The van der Waals surface area contributed by atoms with Gasteiger partial charge < -0.3 is 9.94 Å². The molecule has 0 bridgehead atoms. The summed E-state index contributed by atoms with van der Waals surface area (Å²) in [4.78, 5) is 4.12. The zero-order valence-corrected chi connectivity index (χ0v) is 3.55. The summed E-state index contributed by atoms with van der Waals surface area (Å²) in [7, 11) is 0. The van der Waals surface area contributed by atoms with Gasteiger partial charge in [0.2, 0.25) is 0 Å². The van der Waals surface area contributed by atoms with Crippen LogP contribution in [0.2, 0.25) is 0 Å². The van der Waals surface area contributed by atoms with Gasteiger partial charge in [0.25, 0.3) is 0 Å². The van der Waals surface area contributed by atoms with Crippen molar-refractivity contribution >= 4 is 0 Å². The zero-order chi connectivity index (χ0) is 4.83. The Morgan fingerprint density at radius 3 is 2.50 bits per heavy atom. The molecule has 6 heavy (non-hydrogen) atoms. The second-order valence-electron chi connectivity index (χ2n) is 0.948. The summed E-state index contributed by atoms with van der Waals surface area (Å²) in [6, 6.07) is 0. The molecule has 0 unspecified atom stereocenters. The Morgan fingerprint density at radius 1 is 1.67 bits per heavy atom. The van der Waals surface area contributed by atoms with Crippen LogP contribution >= 0.6 is 0 Å². The molecule has 0 heterocycles. The van der Waals surface area contributed by atoms with E-state index in [0.29, 0.717) is 13.0 Å². The summed E-state index contributed by atoms with van der Waals surface area (Å²) >= 11 is 0. The highest BCUT2D eigenvalue weighted by atomic mass is 16.7. The first-order valence-corrected chi connectivity index (χ1v) is 1.84. The van der Waals surface area contributed by atoms with Crippen molar-refractivity contribution in [2.45, 2.75) is 6.42 Å². The molecule has 0 aliphatic carbocycles. The van der Waals surface area contributed by atoms with Crippen LogP contribution in [0.4, 0.5) is 0 Å². The van der Waals surface area contributed by atoms with E-state index >= 15 is 0 Å². The summed E-state index contributed by atoms with van der Waals surface area (Å²) in [6.07, 6.45) is 0.622. The van der Waals surface area contributed by atoms with E-state index in [2.05, 4.69) is 10.7 Å². The van der Waals surface area contributed by atoms with Crippen molar-refractivity contribution in [2.75, 3.05) is 13.2 Å². The quantitative estimate of drug-likeness (QED) is 0.275. The molecule has 0 rings (SSSR count). The molecule has 0 aliphatic heterocycles. The van der Waals surface area contributed by atoms with E-state index in [1.807, 2.05) is 0 Å². The Bertz CT molecular complexity index is 20.8. The van der Waals surface area contributed by atoms with Crippen LogP contribution in [0.5, 0.6) is 0 Å². The number of aliphatic hydroxyl groups excluding tert-OH is 1. The molecule has 0 amide bonds. The fourth-order valence-corrected chi connectivity index (χ4v) is 0.148. The van der Waals surface area contributed by atoms with E-state index in [-0.39, 0.29) is 6.61 Å². The Hall–Kier alpha value is -0.120. The molecule has 0 fully saturated rings. The third kappa shape index (κ3) is 3.88. The maximum atomic E-state index is 8.06. The van der Waals surface area contributed by atoms with Gasteiger partial charge in [0, 0.05) is 6.61 Å². The van der Waals surface area contributed by atoms with Gasteiger partial charge >= 0.3 is 0 Å². The average molecular weight is 94.1 g/mol. The fourth-order valence-electron chi connectivity index (χ4n) is 0.148. The molecule has 0 aromatic heterocycles. The Kier molecular flexibility index (Phi) is 4.78. The maximum absolute atomic E-state index is 8.06. The van der Waals surface area contributed by atoms with Gasteiger partial charge in [-0.1, -0.05) is 0 Å². The number of hydrogen-bond acceptors (Lipinski definition) is 3. The number of hydrogen-bond donors (Lipinski definition) is 2. The minimum Gasteiger partial charge on any atom is -0.396 e. The second kappa shape index (κ2) is 4.88. The molecular weight excluding hydrogens is 85.0 g/mol. The van der Waals surface area contributed by atoms with Crippen LogP contribution in [-0.2, 0) is 4.84 Å². The Labute approximate surface area is 36.7 Å². The zero-order valence-electron chi connectivity index (χ0n) is 3.55. The van der Waals surface area contributed by atoms with E-state index in [1.54, 1.807) is 0 Å². The lowest BCUT2D eigenvalue weighted by Crippen LogP contribution is -2.01. The molecule has 0 saturated carbocycles. The summed E-state index contributed by atoms with van der Waals surface area (Å²) in [6.45, 7) is 0.591. The summed E-state index contributed by atoms with van der Waals surface area (Å²) in [5.41, 5.74) is 0. The molecule has 3 nitrogen and oxygen atoms in total. The number of aliphatic hydroxyl groups is 1. The van der Waals surface area contributed by atoms with Gasteiger partial charge in [0.1, 0.15) is 0 Å². The highest BCUT2D eigenvalue weighted by Crippen LogP contribution is 1.70. The topological polar surface area (TPSA) is 55.5 Å². The number of nitrogens with two attached hydrogens (primary N) is 1. The third-order valence-electron chi connectivity index (χ3n) is 0.420. The third-order valence-corrected chi connectivity index (χ3v) is 0.420. The predicted octanol–water partition coefficient (Wildman–Crippen LogP) is -0.741. The van der Waals surface area contributed by atoms with E-state index in [4.69, 9.17) is 5.11 Å². The van der Waals surface area contributed by atoms with Crippen molar-refractivity contribution in [1.82, 2.24) is 0 Å². The fraction of sp³-hybridized carbons (Fsp3) is 1.00. The molecule has 38 valence electrons. The van der Waals surface area contributed by atoms with Crippen molar-refractivity contribution in [3.63, 3.8) is 0 Å². The lowest BCUT2D eigenvalue weighted by atomic mass is 11.5. The normalized spacial score (nSPS) is 9.00. The minimum atomic E-state index is 0.150. The summed E-state index contributed by atoms with van der Waals surface area (Å²) in [5.74, 6) is 4.60. The molecule has 0 atom stereocenters. The van der Waals surface area contributed by atoms with Crippen molar-refractivity contribution in [1.29, 1.82) is 0 Å². The van der Waals surface area contributed by atoms with Gasteiger partial charge in [-0.3, -0.25) is 0 Å². The largest absolute Gasteiger partial charge is 0.396 e. The second-order valence-corrected chi connectivity index (χ2v) is 0.948. The van der Waals surface area contributed by atoms with Gasteiger partial charge in [-0.05, 0) is 6.42 Å². The lowest BCUT2D eigenvalue weighted by molar-refractivity contribution is 0.118. The Morgan fingerprint density at radius 2 is 2.33 bits per heavy atom. The van der Waals surface area contributed by atoms with Gasteiger partial charge in [-0.25, -0.2) is 5.90 Å². The van der Waals surface area contributed by atoms with Gasteiger partial charge in [0.15, 0.2) is 0 Å². The van der Waals surface area contributed by atoms with Crippen molar-refractivity contribution in [2.24, 2.45) is 5.90 Å². The standard InChI is InChI=1S/C3H9NO2/c4-6-3-1-2-5/h5H,1-4H2/i1+1,2+1,3+1. The first-order valence-electron chi connectivity index (χ1n) is 1.84. The van der Waals surface area contributed by atoms with E-state index in [1.165, 1.54) is 0 Å². The van der Waals surface area contributed by atoms with Crippen molar-refractivity contribution in [3.8, 4) is 0 Å². The lowest BCUT2D eigenvalue weighted by Gasteiger charge is -1.88. The van der Waals surface area contributed by atoms with Crippen molar-refractivity contribution in [3.05, 3.63) is 0 Å². The molecule has 0 saturated heterocycles. The van der Waals surface area contributed by atoms with Crippen LogP contribution in [0.1, 0.15) is 6.42 Å². The average Bonchev–Trinajstić information content (AvgIpc) is 1.61. The predicted molar refractivity (Wildman–Crippen MR) is 21.8 cm³/mol. The smallest absolute Gasteiger partial charge is 0.0701 e. The molecule has 0 spiro atoms. The van der Waals surface area contributed by atoms with Crippen molar-refractivity contribution < 1.29 is 9.94 Å². The SMILES string of the molecule is NO[13CH2][13CH2][13CH2]O. The molecule has 3 N–H and O–H groups in total. The molecule has 0 radical (unpaired) electrons. The molecule has 0 aliphatic rings. The van der Waals surface area contributed by atoms with Crippen LogP contribution in [0, 0.1) is 0 Å². The van der Waals surface area contributed by atoms with E-state index < -0.39 is 0 Å².